The normalized spacial score (nSPS) is 11.2. The summed E-state index contributed by atoms with van der Waals surface area (Å²) in [5.74, 6) is -2.80. The van der Waals surface area contributed by atoms with Crippen LogP contribution in [-0.2, 0) is 9.84 Å². The first-order valence-electron chi connectivity index (χ1n) is 9.23. The zero-order valence-corrected chi connectivity index (χ0v) is 18.2. The third-order valence-corrected chi connectivity index (χ3v) is 6.21. The molecule has 0 aliphatic rings. The second-order valence-corrected chi connectivity index (χ2v) is 9.34. The van der Waals surface area contributed by atoms with Gasteiger partial charge in [0.2, 0.25) is 9.84 Å². The van der Waals surface area contributed by atoms with Crippen molar-refractivity contribution in [1.29, 1.82) is 0 Å². The van der Waals surface area contributed by atoms with E-state index in [2.05, 4.69) is 45.4 Å². The van der Waals surface area contributed by atoms with E-state index in [0.717, 1.165) is 28.7 Å². The highest BCUT2D eigenvalue weighted by atomic mass is 32.2. The van der Waals surface area contributed by atoms with E-state index in [4.69, 9.17) is 10.2 Å². The van der Waals surface area contributed by atoms with Crippen molar-refractivity contribution in [2.45, 2.75) is 9.79 Å². The lowest BCUT2D eigenvalue weighted by Gasteiger charge is -2.22. The number of hydrogen-bond acceptors (Lipinski definition) is 4. The molecule has 0 unspecified atom stereocenters. The van der Waals surface area contributed by atoms with Gasteiger partial charge in [-0.05, 0) is 36.4 Å². The van der Waals surface area contributed by atoms with Gasteiger partial charge in [-0.3, -0.25) is 4.48 Å². The molecule has 31 heavy (non-hydrogen) atoms. The molecule has 0 saturated carbocycles. The summed E-state index contributed by atoms with van der Waals surface area (Å²) in [6.45, 7) is 0. The van der Waals surface area contributed by atoms with Crippen molar-refractivity contribution in [1.82, 2.24) is 4.48 Å². The topological polar surface area (TPSA) is 109 Å². The molecular formula is C23H24NO6S+. The zero-order chi connectivity index (χ0) is 23.2. The minimum atomic E-state index is -4.25. The number of quaternary nitrogens is 1. The summed E-state index contributed by atoms with van der Waals surface area (Å²) >= 11 is 0. The number of aromatic carboxylic acids is 2. The molecule has 0 aliphatic carbocycles. The predicted octanol–water partition coefficient (Wildman–Crippen LogP) is 3.80. The summed E-state index contributed by atoms with van der Waals surface area (Å²) in [5, 5.41) is 18.1. The molecule has 8 heteroatoms. The number of carbonyl (C=O) groups is 2. The standard InChI is InChI=1S/C14H10O6S.C9H14N/c15-13(16)9-5-1-3-7-11(9)21(19,20)12-8-4-2-6-10(12)14(17)18;1-10(2,3)9-7-5-4-6-8-9/h1-8H,(H,15,16)(H,17,18);4-8H,1-3H3/q;+1. The first-order chi connectivity index (χ1) is 14.5. The zero-order valence-electron chi connectivity index (χ0n) is 17.4. The van der Waals surface area contributed by atoms with E-state index in [1.165, 1.54) is 30.0 Å². The molecule has 3 aromatic carbocycles. The monoisotopic (exact) mass is 442 g/mol. The maximum atomic E-state index is 12.6. The van der Waals surface area contributed by atoms with Crippen molar-refractivity contribution >= 4 is 27.5 Å². The number of hydrogen-bond donors (Lipinski definition) is 2. The molecule has 0 aromatic heterocycles. The van der Waals surface area contributed by atoms with E-state index < -0.39 is 42.7 Å². The predicted molar refractivity (Wildman–Crippen MR) is 118 cm³/mol. The number of carboxylic acids is 2. The van der Waals surface area contributed by atoms with Crippen LogP contribution in [0.2, 0.25) is 0 Å². The van der Waals surface area contributed by atoms with Gasteiger partial charge in [0.05, 0.1) is 42.1 Å². The highest BCUT2D eigenvalue weighted by molar-refractivity contribution is 7.91. The van der Waals surface area contributed by atoms with Crippen molar-refractivity contribution in [3.63, 3.8) is 0 Å². The van der Waals surface area contributed by atoms with Crippen LogP contribution in [0.3, 0.4) is 0 Å². The van der Waals surface area contributed by atoms with Crippen LogP contribution in [-0.4, -0.2) is 51.7 Å². The Labute approximate surface area is 181 Å². The Balaban J connectivity index is 0.000000285. The summed E-state index contributed by atoms with van der Waals surface area (Å²) in [4.78, 5) is 21.4. The number of sulfone groups is 1. The Morgan fingerprint density at radius 3 is 1.32 bits per heavy atom. The van der Waals surface area contributed by atoms with Crippen LogP contribution in [0, 0.1) is 0 Å². The number of benzene rings is 3. The molecule has 162 valence electrons. The molecule has 0 heterocycles. The van der Waals surface area contributed by atoms with Crippen LogP contribution in [0.4, 0.5) is 5.69 Å². The maximum absolute atomic E-state index is 12.6. The van der Waals surface area contributed by atoms with Crippen molar-refractivity contribution < 1.29 is 28.2 Å². The van der Waals surface area contributed by atoms with E-state index in [0.29, 0.717) is 0 Å². The van der Waals surface area contributed by atoms with Crippen LogP contribution in [0.25, 0.3) is 0 Å². The quantitative estimate of drug-likeness (QED) is 0.582. The lowest BCUT2D eigenvalue weighted by atomic mass is 10.2. The van der Waals surface area contributed by atoms with Gasteiger partial charge in [-0.2, -0.15) is 0 Å². The molecule has 0 spiro atoms. The highest BCUT2D eigenvalue weighted by Gasteiger charge is 2.27. The number of para-hydroxylation sites is 1. The van der Waals surface area contributed by atoms with Crippen LogP contribution in [0.1, 0.15) is 20.7 Å². The molecule has 0 aliphatic heterocycles. The molecule has 2 N–H and O–H groups in total. The van der Waals surface area contributed by atoms with Gasteiger partial charge in [0.15, 0.2) is 0 Å². The van der Waals surface area contributed by atoms with Gasteiger partial charge in [-0.1, -0.05) is 42.5 Å². The van der Waals surface area contributed by atoms with E-state index in [1.807, 2.05) is 6.07 Å². The van der Waals surface area contributed by atoms with Gasteiger partial charge < -0.3 is 10.2 Å². The second-order valence-electron chi connectivity index (χ2n) is 7.45. The molecule has 0 radical (unpaired) electrons. The van der Waals surface area contributed by atoms with E-state index in [9.17, 15) is 18.0 Å². The van der Waals surface area contributed by atoms with Crippen molar-refractivity contribution in [3.05, 3.63) is 90.0 Å². The molecule has 0 fully saturated rings. The smallest absolute Gasteiger partial charge is 0.337 e. The van der Waals surface area contributed by atoms with Crippen molar-refractivity contribution in [2.24, 2.45) is 0 Å². The van der Waals surface area contributed by atoms with Gasteiger partial charge in [0.25, 0.3) is 0 Å². The molecule has 0 amide bonds. The molecule has 3 aromatic rings. The SMILES string of the molecule is C[N+](C)(C)c1ccccc1.O=C(O)c1ccccc1S(=O)(=O)c1ccccc1C(=O)O. The minimum Gasteiger partial charge on any atom is -0.478 e. The second kappa shape index (κ2) is 9.55. The van der Waals surface area contributed by atoms with Gasteiger partial charge >= 0.3 is 11.9 Å². The summed E-state index contributed by atoms with van der Waals surface area (Å²) in [6, 6.07) is 20.6. The molecule has 0 atom stereocenters. The summed E-state index contributed by atoms with van der Waals surface area (Å²) in [5.41, 5.74) is 0.526. The lowest BCUT2D eigenvalue weighted by Crippen LogP contribution is -2.34. The largest absolute Gasteiger partial charge is 0.478 e. The van der Waals surface area contributed by atoms with E-state index in [-0.39, 0.29) is 0 Å². The fraction of sp³-hybridized carbons (Fsp3) is 0.130. The Hall–Kier alpha value is -3.49. The lowest BCUT2D eigenvalue weighted by molar-refractivity contribution is 0.0683. The Bertz CT molecular complexity index is 1120. The van der Waals surface area contributed by atoms with Gasteiger partial charge in [0.1, 0.15) is 5.69 Å². The Morgan fingerprint density at radius 2 is 1.00 bits per heavy atom. The fourth-order valence-electron chi connectivity index (χ4n) is 2.75. The van der Waals surface area contributed by atoms with E-state index >= 15 is 0 Å². The van der Waals surface area contributed by atoms with Crippen LogP contribution < -0.4 is 4.48 Å². The van der Waals surface area contributed by atoms with Crippen LogP contribution in [0.5, 0.6) is 0 Å². The molecule has 3 rings (SSSR count). The Morgan fingerprint density at radius 1 is 0.645 bits per heavy atom. The molecular weight excluding hydrogens is 418 g/mol. The number of rotatable bonds is 5. The first kappa shape index (κ1) is 23.8. The molecule has 0 saturated heterocycles. The minimum absolute atomic E-state index is 0.405. The van der Waals surface area contributed by atoms with Gasteiger partial charge in [-0.25, -0.2) is 18.0 Å². The Kier molecular flexibility index (Phi) is 7.32. The average molecular weight is 443 g/mol. The fourth-order valence-corrected chi connectivity index (χ4v) is 4.39. The maximum Gasteiger partial charge on any atom is 0.337 e. The average Bonchev–Trinajstić information content (AvgIpc) is 2.74. The van der Waals surface area contributed by atoms with Crippen LogP contribution in [0.15, 0.2) is 88.7 Å². The van der Waals surface area contributed by atoms with Gasteiger partial charge in [-0.15, -0.1) is 0 Å². The van der Waals surface area contributed by atoms with Crippen LogP contribution >= 0.6 is 0 Å². The number of carboxylic acid groups (broad SMARTS) is 2. The highest BCUT2D eigenvalue weighted by Crippen LogP contribution is 2.26. The summed E-state index contributed by atoms with van der Waals surface area (Å²) in [6.07, 6.45) is 0. The van der Waals surface area contributed by atoms with Crippen molar-refractivity contribution in [3.8, 4) is 0 Å². The van der Waals surface area contributed by atoms with Gasteiger partial charge in [0, 0.05) is 0 Å². The third-order valence-electron chi connectivity index (χ3n) is 4.34. The molecule has 0 bridgehead atoms. The summed E-state index contributed by atoms with van der Waals surface area (Å²) in [7, 11) is 2.23. The molecule has 7 nitrogen and oxygen atoms in total. The number of nitrogens with zero attached hydrogens (tertiary/aromatic N) is 1. The third kappa shape index (κ3) is 5.78. The summed E-state index contributed by atoms with van der Waals surface area (Å²) < 4.78 is 26.0. The first-order valence-corrected chi connectivity index (χ1v) is 10.7. The van der Waals surface area contributed by atoms with E-state index in [1.54, 1.807) is 0 Å². The van der Waals surface area contributed by atoms with Crippen molar-refractivity contribution in [2.75, 3.05) is 21.1 Å².